The molecule has 0 aliphatic rings. The minimum absolute atomic E-state index is 0.0836. The summed E-state index contributed by atoms with van der Waals surface area (Å²) in [6, 6.07) is 15.9. The zero-order chi connectivity index (χ0) is 17.8. The Bertz CT molecular complexity index is 845. The Morgan fingerprint density at radius 1 is 1.08 bits per heavy atom. The molecule has 6 heteroatoms. The Hall–Kier alpha value is -2.66. The number of aromatic nitrogens is 2. The van der Waals surface area contributed by atoms with Gasteiger partial charge in [-0.05, 0) is 30.2 Å². The van der Waals surface area contributed by atoms with E-state index in [4.69, 9.17) is 16.1 Å². The number of rotatable bonds is 5. The second kappa shape index (κ2) is 7.49. The predicted octanol–water partition coefficient (Wildman–Crippen LogP) is 4.52. The third-order valence-corrected chi connectivity index (χ3v) is 4.05. The molecule has 0 aliphatic carbocycles. The molecule has 0 aliphatic heterocycles. The topological polar surface area (TPSA) is 68.0 Å². The summed E-state index contributed by atoms with van der Waals surface area (Å²) >= 11 is 5.86. The highest BCUT2D eigenvalue weighted by Crippen LogP contribution is 2.24. The van der Waals surface area contributed by atoms with Crippen LogP contribution < -0.4 is 5.32 Å². The molecule has 0 unspecified atom stereocenters. The van der Waals surface area contributed by atoms with E-state index in [-0.39, 0.29) is 17.9 Å². The van der Waals surface area contributed by atoms with Crippen LogP contribution in [0.2, 0.25) is 5.02 Å². The van der Waals surface area contributed by atoms with Crippen LogP contribution in [0.15, 0.2) is 59.1 Å². The van der Waals surface area contributed by atoms with Gasteiger partial charge in [0, 0.05) is 16.1 Å². The standard InChI is InChI=1S/C19H18ClN3O2/c1-12(2)16(21-18(24)14-8-10-15(20)11-9-14)19-22-17(23-25-19)13-6-4-3-5-7-13/h3-12,16H,1-2H3,(H,21,24)/t16-/m1/s1. The fraction of sp³-hybridized carbons (Fsp3) is 0.211. The normalized spacial score (nSPS) is 12.2. The molecule has 0 saturated carbocycles. The van der Waals surface area contributed by atoms with Crippen LogP contribution in [0, 0.1) is 5.92 Å². The second-order valence-electron chi connectivity index (χ2n) is 6.02. The number of hydrogen-bond acceptors (Lipinski definition) is 4. The van der Waals surface area contributed by atoms with E-state index in [0.717, 1.165) is 5.56 Å². The third-order valence-electron chi connectivity index (χ3n) is 3.80. The Morgan fingerprint density at radius 2 is 1.76 bits per heavy atom. The number of amides is 1. The van der Waals surface area contributed by atoms with Crippen LogP contribution in [0.3, 0.4) is 0 Å². The molecule has 5 nitrogen and oxygen atoms in total. The molecule has 0 fully saturated rings. The maximum atomic E-state index is 12.5. The highest BCUT2D eigenvalue weighted by atomic mass is 35.5. The van der Waals surface area contributed by atoms with Gasteiger partial charge >= 0.3 is 0 Å². The van der Waals surface area contributed by atoms with Crippen molar-refractivity contribution in [1.82, 2.24) is 15.5 Å². The van der Waals surface area contributed by atoms with E-state index in [9.17, 15) is 4.79 Å². The molecule has 0 saturated heterocycles. The van der Waals surface area contributed by atoms with Crippen molar-refractivity contribution >= 4 is 17.5 Å². The molecule has 0 spiro atoms. The molecular formula is C19H18ClN3O2. The van der Waals surface area contributed by atoms with E-state index in [2.05, 4.69) is 15.5 Å². The lowest BCUT2D eigenvalue weighted by Gasteiger charge is -2.18. The first-order valence-corrected chi connectivity index (χ1v) is 8.38. The van der Waals surface area contributed by atoms with Crippen molar-refractivity contribution in [1.29, 1.82) is 0 Å². The molecule has 1 amide bonds. The van der Waals surface area contributed by atoms with Gasteiger partial charge in [0.2, 0.25) is 11.7 Å². The lowest BCUT2D eigenvalue weighted by molar-refractivity contribution is 0.0914. The molecule has 3 aromatic rings. The van der Waals surface area contributed by atoms with Crippen LogP contribution in [-0.4, -0.2) is 16.0 Å². The largest absolute Gasteiger partial charge is 0.340 e. The average Bonchev–Trinajstić information content (AvgIpc) is 3.10. The minimum Gasteiger partial charge on any atom is -0.340 e. The second-order valence-corrected chi connectivity index (χ2v) is 6.46. The van der Waals surface area contributed by atoms with Crippen molar-refractivity contribution in [3.63, 3.8) is 0 Å². The summed E-state index contributed by atoms with van der Waals surface area (Å²) < 4.78 is 5.40. The number of nitrogens with one attached hydrogen (secondary N) is 1. The van der Waals surface area contributed by atoms with Crippen LogP contribution in [-0.2, 0) is 0 Å². The Balaban J connectivity index is 1.81. The maximum absolute atomic E-state index is 12.5. The van der Waals surface area contributed by atoms with Crippen LogP contribution in [0.1, 0.15) is 36.1 Å². The number of hydrogen-bond donors (Lipinski definition) is 1. The Morgan fingerprint density at radius 3 is 2.40 bits per heavy atom. The molecule has 1 atom stereocenters. The average molecular weight is 356 g/mol. The van der Waals surface area contributed by atoms with Crippen LogP contribution >= 0.6 is 11.6 Å². The molecule has 0 bridgehead atoms. The quantitative estimate of drug-likeness (QED) is 0.730. The van der Waals surface area contributed by atoms with Gasteiger partial charge < -0.3 is 9.84 Å². The highest BCUT2D eigenvalue weighted by Gasteiger charge is 2.25. The zero-order valence-electron chi connectivity index (χ0n) is 13.9. The summed E-state index contributed by atoms with van der Waals surface area (Å²) in [6.45, 7) is 3.97. The summed E-state index contributed by atoms with van der Waals surface area (Å²) in [5.41, 5.74) is 1.39. The molecule has 25 heavy (non-hydrogen) atoms. The SMILES string of the molecule is CC(C)[C@@H](NC(=O)c1ccc(Cl)cc1)c1nc(-c2ccccc2)no1. The number of carbonyl (C=O) groups excluding carboxylic acids is 1. The van der Waals surface area contributed by atoms with Gasteiger partial charge in [-0.25, -0.2) is 0 Å². The Labute approximate surface area is 151 Å². The lowest BCUT2D eigenvalue weighted by atomic mass is 10.0. The first-order chi connectivity index (χ1) is 12.0. The summed E-state index contributed by atoms with van der Waals surface area (Å²) in [7, 11) is 0. The van der Waals surface area contributed by atoms with Crippen molar-refractivity contribution in [2.45, 2.75) is 19.9 Å². The summed E-state index contributed by atoms with van der Waals surface area (Å²) in [6.07, 6.45) is 0. The first kappa shape index (κ1) is 17.2. The van der Waals surface area contributed by atoms with E-state index in [1.807, 2.05) is 44.2 Å². The van der Waals surface area contributed by atoms with Crippen molar-refractivity contribution in [2.24, 2.45) is 5.92 Å². The van der Waals surface area contributed by atoms with Gasteiger partial charge in [-0.15, -0.1) is 0 Å². The van der Waals surface area contributed by atoms with E-state index in [0.29, 0.717) is 22.3 Å². The van der Waals surface area contributed by atoms with E-state index >= 15 is 0 Å². The van der Waals surface area contributed by atoms with E-state index in [1.54, 1.807) is 24.3 Å². The monoisotopic (exact) mass is 355 g/mol. The van der Waals surface area contributed by atoms with Gasteiger partial charge in [0.25, 0.3) is 5.91 Å². The highest BCUT2D eigenvalue weighted by molar-refractivity contribution is 6.30. The van der Waals surface area contributed by atoms with Crippen molar-refractivity contribution < 1.29 is 9.32 Å². The molecule has 1 aromatic heterocycles. The third kappa shape index (κ3) is 4.06. The molecule has 1 N–H and O–H groups in total. The number of benzene rings is 2. The van der Waals surface area contributed by atoms with Crippen LogP contribution in [0.5, 0.6) is 0 Å². The van der Waals surface area contributed by atoms with Crippen LogP contribution in [0.4, 0.5) is 0 Å². The fourth-order valence-electron chi connectivity index (χ4n) is 2.41. The van der Waals surface area contributed by atoms with Crippen molar-refractivity contribution in [2.75, 3.05) is 0 Å². The summed E-state index contributed by atoms with van der Waals surface area (Å²) in [5, 5.41) is 7.57. The van der Waals surface area contributed by atoms with Gasteiger partial charge in [0.15, 0.2) is 0 Å². The van der Waals surface area contributed by atoms with Gasteiger partial charge in [-0.1, -0.05) is 60.9 Å². The summed E-state index contributed by atoms with van der Waals surface area (Å²) in [5.74, 6) is 0.758. The van der Waals surface area contributed by atoms with Crippen molar-refractivity contribution in [3.8, 4) is 11.4 Å². The zero-order valence-corrected chi connectivity index (χ0v) is 14.7. The van der Waals surface area contributed by atoms with Gasteiger partial charge in [-0.3, -0.25) is 4.79 Å². The number of halogens is 1. The van der Waals surface area contributed by atoms with Crippen LogP contribution in [0.25, 0.3) is 11.4 Å². The maximum Gasteiger partial charge on any atom is 0.251 e. The molecule has 1 heterocycles. The molecule has 2 aromatic carbocycles. The molecular weight excluding hydrogens is 338 g/mol. The fourth-order valence-corrected chi connectivity index (χ4v) is 2.53. The Kier molecular flexibility index (Phi) is 5.14. The van der Waals surface area contributed by atoms with Gasteiger partial charge in [-0.2, -0.15) is 4.98 Å². The number of carbonyl (C=O) groups is 1. The molecule has 0 radical (unpaired) electrons. The van der Waals surface area contributed by atoms with E-state index in [1.165, 1.54) is 0 Å². The molecule has 3 rings (SSSR count). The van der Waals surface area contributed by atoms with E-state index < -0.39 is 0 Å². The van der Waals surface area contributed by atoms with Gasteiger partial charge in [0.05, 0.1) is 0 Å². The smallest absolute Gasteiger partial charge is 0.251 e. The summed E-state index contributed by atoms with van der Waals surface area (Å²) in [4.78, 5) is 16.9. The number of nitrogens with zero attached hydrogens (tertiary/aromatic N) is 2. The predicted molar refractivity (Wildman–Crippen MR) is 96.2 cm³/mol. The lowest BCUT2D eigenvalue weighted by Crippen LogP contribution is -2.32. The van der Waals surface area contributed by atoms with Gasteiger partial charge in [0.1, 0.15) is 6.04 Å². The molecule has 128 valence electrons. The van der Waals surface area contributed by atoms with Crippen molar-refractivity contribution in [3.05, 3.63) is 71.1 Å². The minimum atomic E-state index is -0.381. The first-order valence-electron chi connectivity index (χ1n) is 8.00.